The Morgan fingerprint density at radius 2 is 1.84 bits per heavy atom. The van der Waals surface area contributed by atoms with Gasteiger partial charge < -0.3 is 10.1 Å². The van der Waals surface area contributed by atoms with E-state index in [1.165, 1.54) is 18.3 Å². The van der Waals surface area contributed by atoms with Gasteiger partial charge in [0.25, 0.3) is 0 Å². The second-order valence-electron chi connectivity index (χ2n) is 9.38. The maximum Gasteiger partial charge on any atom is 0.326 e. The highest BCUT2D eigenvalue weighted by Crippen LogP contribution is 2.68. The molecule has 0 radical (unpaired) electrons. The first-order valence-corrected chi connectivity index (χ1v) is 12.5. The van der Waals surface area contributed by atoms with Gasteiger partial charge >= 0.3 is 10.8 Å². The predicted octanol–water partition coefficient (Wildman–Crippen LogP) is 2.69. The zero-order valence-corrected chi connectivity index (χ0v) is 19.1. The van der Waals surface area contributed by atoms with Crippen molar-refractivity contribution in [3.63, 3.8) is 0 Å². The van der Waals surface area contributed by atoms with Gasteiger partial charge in [-0.05, 0) is 49.1 Å². The molecule has 0 unspecified atom stereocenters. The van der Waals surface area contributed by atoms with Gasteiger partial charge in [-0.1, -0.05) is 35.6 Å². The summed E-state index contributed by atoms with van der Waals surface area (Å²) in [6.45, 7) is 3.47. The fraction of sp³-hybridized carbons (Fsp3) is 0.478. The molecule has 1 aromatic heterocycles. The predicted molar refractivity (Wildman–Crippen MR) is 119 cm³/mol. The third-order valence-electron chi connectivity index (χ3n) is 8.03. The molecule has 2 aliphatic carbocycles. The molecule has 3 fully saturated rings. The second-order valence-corrected chi connectivity index (χ2v) is 11.6. The number of nitrogens with one attached hydrogen (secondary N) is 1. The summed E-state index contributed by atoms with van der Waals surface area (Å²) in [7, 11) is 0. The van der Waals surface area contributed by atoms with Gasteiger partial charge in [-0.25, -0.2) is 4.79 Å². The number of aromatic nitrogens is 1. The number of aromatic amines is 1. The quantitative estimate of drug-likeness (QED) is 0.668. The van der Waals surface area contributed by atoms with Gasteiger partial charge in [0.15, 0.2) is 0 Å². The van der Waals surface area contributed by atoms with Gasteiger partial charge in [0, 0.05) is 16.0 Å². The van der Waals surface area contributed by atoms with Crippen LogP contribution in [0.15, 0.2) is 34.1 Å². The van der Waals surface area contributed by atoms with E-state index >= 15 is 0 Å². The molecular weight excluding hydrogens is 448 g/mol. The van der Waals surface area contributed by atoms with Crippen LogP contribution in [0.5, 0.6) is 0 Å². The molecule has 6 rings (SSSR count). The van der Waals surface area contributed by atoms with Crippen molar-refractivity contribution in [2.24, 2.45) is 29.6 Å². The molecule has 2 aliphatic heterocycles. The SMILES string of the molecule is Cc1ccccc1[C@H]1c2sc(=O)[nH]c2S[C@@H]2[C@H]3C[C@@H]([C@@H]4C(=O)N([C@H](C)C(=O)O)C(=O)[C@H]34)[C@@H]12. The molecular formula is C23H22N2O5S2. The highest BCUT2D eigenvalue weighted by molar-refractivity contribution is 8.00. The van der Waals surface area contributed by atoms with Crippen LogP contribution in [0.3, 0.4) is 0 Å². The maximum absolute atomic E-state index is 13.3. The van der Waals surface area contributed by atoms with Gasteiger partial charge in [-0.2, -0.15) is 0 Å². The summed E-state index contributed by atoms with van der Waals surface area (Å²) >= 11 is 2.88. The van der Waals surface area contributed by atoms with Crippen LogP contribution >= 0.6 is 23.1 Å². The number of carboxylic acids is 1. The molecule has 2 amide bonds. The van der Waals surface area contributed by atoms with E-state index in [9.17, 15) is 24.3 Å². The summed E-state index contributed by atoms with van der Waals surface area (Å²) < 4.78 is 0. The Morgan fingerprint density at radius 3 is 2.53 bits per heavy atom. The number of aryl methyl sites for hydroxylation is 1. The maximum atomic E-state index is 13.3. The molecule has 2 saturated carbocycles. The van der Waals surface area contributed by atoms with Crippen LogP contribution in [-0.2, 0) is 14.4 Å². The summed E-state index contributed by atoms with van der Waals surface area (Å²) in [5, 5.41) is 10.4. The normalized spacial score (nSPS) is 35.6. The third-order valence-corrected chi connectivity index (χ3v) is 10.6. The number of hydrogen-bond donors (Lipinski definition) is 2. The summed E-state index contributed by atoms with van der Waals surface area (Å²) in [5.41, 5.74) is 2.31. The van der Waals surface area contributed by atoms with Crippen LogP contribution in [0, 0.1) is 36.5 Å². The van der Waals surface area contributed by atoms with Crippen LogP contribution in [0.2, 0.25) is 0 Å². The van der Waals surface area contributed by atoms with E-state index in [-0.39, 0.29) is 45.6 Å². The van der Waals surface area contributed by atoms with Gasteiger partial charge in [0.05, 0.1) is 16.9 Å². The summed E-state index contributed by atoms with van der Waals surface area (Å²) in [4.78, 5) is 55.4. The minimum Gasteiger partial charge on any atom is -0.480 e. The second kappa shape index (κ2) is 6.81. The number of benzene rings is 1. The molecule has 2 aromatic rings. The number of likely N-dealkylation sites (tertiary alicyclic amines) is 1. The first kappa shape index (κ1) is 20.2. The highest BCUT2D eigenvalue weighted by atomic mass is 32.2. The lowest BCUT2D eigenvalue weighted by molar-refractivity contribution is -0.154. The average molecular weight is 471 g/mol. The molecule has 2 bridgehead atoms. The Morgan fingerprint density at radius 1 is 1.16 bits per heavy atom. The van der Waals surface area contributed by atoms with Gasteiger partial charge in [0.1, 0.15) is 6.04 Å². The number of carboxylic acid groups (broad SMARTS) is 1. The molecule has 166 valence electrons. The van der Waals surface area contributed by atoms with E-state index in [2.05, 4.69) is 24.0 Å². The lowest BCUT2D eigenvalue weighted by Crippen LogP contribution is -2.44. The molecule has 9 heteroatoms. The van der Waals surface area contributed by atoms with E-state index in [0.717, 1.165) is 32.4 Å². The Hall–Kier alpha value is -2.39. The fourth-order valence-corrected chi connectivity index (χ4v) is 9.70. The zero-order chi connectivity index (χ0) is 22.5. The van der Waals surface area contributed by atoms with Gasteiger partial charge in [-0.3, -0.25) is 19.3 Å². The largest absolute Gasteiger partial charge is 0.480 e. The number of hydrogen-bond acceptors (Lipinski definition) is 6. The Kier molecular flexibility index (Phi) is 4.30. The topological polar surface area (TPSA) is 108 Å². The number of aliphatic carboxylic acids is 1. The zero-order valence-electron chi connectivity index (χ0n) is 17.5. The van der Waals surface area contributed by atoms with Gasteiger partial charge in [0.2, 0.25) is 11.8 Å². The Balaban J connectivity index is 1.47. The Labute approximate surface area is 192 Å². The standard InChI is InChI=1S/C23H22N2O5S2/c1-8-5-3-4-6-10(8)13-14-11-7-12(17(14)31-19-18(13)32-23(30)24-19)16-15(11)20(26)25(21(16)27)9(2)22(28)29/h3-6,9,11-17H,7H2,1-2H3,(H,24,30)(H,28,29)/t9-,11-,12+,13-,14+,15+,16-,17-/m1/s1. The van der Waals surface area contributed by atoms with Crippen LogP contribution in [0.25, 0.3) is 0 Å². The number of carbonyl (C=O) groups is 3. The van der Waals surface area contributed by atoms with Crippen LogP contribution < -0.4 is 4.87 Å². The number of nitrogens with zero attached hydrogens (tertiary/aromatic N) is 1. The van der Waals surface area contributed by atoms with Crippen LogP contribution in [0.4, 0.5) is 0 Å². The van der Waals surface area contributed by atoms with Crippen LogP contribution in [-0.4, -0.2) is 44.1 Å². The van der Waals surface area contributed by atoms with Crippen molar-refractivity contribution < 1.29 is 19.5 Å². The number of rotatable bonds is 3. The van der Waals surface area contributed by atoms with Crippen molar-refractivity contribution in [1.82, 2.24) is 9.88 Å². The summed E-state index contributed by atoms with van der Waals surface area (Å²) in [5.74, 6) is -2.61. The van der Waals surface area contributed by atoms with E-state index in [1.54, 1.807) is 11.8 Å². The number of amides is 2. The number of thiazole rings is 1. The van der Waals surface area contributed by atoms with Gasteiger partial charge in [-0.15, -0.1) is 11.8 Å². The number of thioether (sulfide) groups is 1. The molecule has 1 saturated heterocycles. The highest BCUT2D eigenvalue weighted by Gasteiger charge is 2.70. The number of fused-ring (bicyclic) bond motifs is 9. The number of imide groups is 1. The fourth-order valence-electron chi connectivity index (χ4n) is 6.82. The monoisotopic (exact) mass is 470 g/mol. The number of H-pyrrole nitrogens is 1. The van der Waals surface area contributed by atoms with Crippen LogP contribution in [0.1, 0.15) is 35.3 Å². The molecule has 8 atom stereocenters. The molecule has 1 aromatic carbocycles. The lowest BCUT2D eigenvalue weighted by atomic mass is 9.67. The van der Waals surface area contributed by atoms with Crippen molar-refractivity contribution in [1.29, 1.82) is 0 Å². The molecule has 7 nitrogen and oxygen atoms in total. The molecule has 32 heavy (non-hydrogen) atoms. The first-order valence-electron chi connectivity index (χ1n) is 10.8. The first-order chi connectivity index (χ1) is 15.3. The molecule has 2 N–H and O–H groups in total. The third kappa shape index (κ3) is 2.49. The smallest absolute Gasteiger partial charge is 0.326 e. The van der Waals surface area contributed by atoms with E-state index in [0.29, 0.717) is 0 Å². The molecule has 4 aliphatic rings. The van der Waals surface area contributed by atoms with Crippen molar-refractivity contribution in [2.75, 3.05) is 0 Å². The minimum absolute atomic E-state index is 0.0000898. The van der Waals surface area contributed by atoms with E-state index in [4.69, 9.17) is 0 Å². The summed E-state index contributed by atoms with van der Waals surface area (Å²) in [6, 6.07) is 7.02. The lowest BCUT2D eigenvalue weighted by Gasteiger charge is -2.43. The van der Waals surface area contributed by atoms with Crippen molar-refractivity contribution in [3.05, 3.63) is 49.9 Å². The van der Waals surface area contributed by atoms with Crippen molar-refractivity contribution >= 4 is 40.9 Å². The molecule has 0 spiro atoms. The van der Waals surface area contributed by atoms with Crippen molar-refractivity contribution in [2.45, 2.75) is 42.5 Å². The summed E-state index contributed by atoms with van der Waals surface area (Å²) in [6.07, 6.45) is 0.798. The number of carbonyl (C=O) groups excluding carboxylic acids is 2. The van der Waals surface area contributed by atoms with Crippen molar-refractivity contribution in [3.8, 4) is 0 Å². The average Bonchev–Trinajstić information content (AvgIpc) is 3.47. The molecule has 3 heterocycles. The minimum atomic E-state index is -1.16. The Bertz CT molecular complexity index is 1230. The van der Waals surface area contributed by atoms with E-state index in [1.807, 2.05) is 12.1 Å². The van der Waals surface area contributed by atoms with E-state index < -0.39 is 23.8 Å².